The van der Waals surface area contributed by atoms with E-state index in [1.165, 1.54) is 12.1 Å². The fraction of sp³-hybridized carbons (Fsp3) is 0.370. The van der Waals surface area contributed by atoms with Crippen LogP contribution in [0.2, 0.25) is 5.02 Å². The van der Waals surface area contributed by atoms with Gasteiger partial charge >= 0.3 is 0 Å². The molecule has 2 saturated heterocycles. The molecular formula is C27H31ClFN5O. The Morgan fingerprint density at radius 1 is 0.886 bits per heavy atom. The van der Waals surface area contributed by atoms with Crippen LogP contribution >= 0.6 is 11.6 Å². The molecule has 6 nitrogen and oxygen atoms in total. The Balaban J connectivity index is 1.15. The van der Waals surface area contributed by atoms with E-state index in [0.717, 1.165) is 73.5 Å². The molecule has 0 radical (unpaired) electrons. The van der Waals surface area contributed by atoms with E-state index in [9.17, 15) is 9.18 Å². The van der Waals surface area contributed by atoms with Crippen molar-refractivity contribution >= 4 is 28.9 Å². The van der Waals surface area contributed by atoms with Crippen molar-refractivity contribution in [3.63, 3.8) is 0 Å². The molecule has 2 aromatic carbocycles. The van der Waals surface area contributed by atoms with E-state index in [0.29, 0.717) is 13.1 Å². The molecule has 0 aliphatic carbocycles. The predicted molar refractivity (Wildman–Crippen MR) is 139 cm³/mol. The topological polar surface area (TPSA) is 35.0 Å². The summed E-state index contributed by atoms with van der Waals surface area (Å²) in [5.74, 6) is -0.161. The number of halogens is 2. The van der Waals surface area contributed by atoms with Gasteiger partial charge < -0.3 is 19.3 Å². The first kappa shape index (κ1) is 23.7. The Hall–Kier alpha value is -3.03. The maximum atomic E-state index is 13.2. The number of aryl methyl sites for hydroxylation is 1. The number of piperazine rings is 2. The van der Waals surface area contributed by atoms with Crippen molar-refractivity contribution in [2.45, 2.75) is 6.54 Å². The number of hydrogen-bond acceptors (Lipinski definition) is 4. The summed E-state index contributed by atoms with van der Waals surface area (Å²) >= 11 is 6.37. The zero-order valence-electron chi connectivity index (χ0n) is 20.0. The van der Waals surface area contributed by atoms with Gasteiger partial charge in [0.15, 0.2) is 0 Å². The minimum Gasteiger partial charge on any atom is -0.368 e. The third-order valence-corrected chi connectivity index (χ3v) is 7.33. The van der Waals surface area contributed by atoms with Gasteiger partial charge in [0.1, 0.15) is 11.5 Å². The summed E-state index contributed by atoms with van der Waals surface area (Å²) in [5, 5.41) is 0.797. The summed E-state index contributed by atoms with van der Waals surface area (Å²) < 4.78 is 15.2. The zero-order valence-corrected chi connectivity index (χ0v) is 20.8. The number of hydrogen-bond donors (Lipinski definition) is 0. The van der Waals surface area contributed by atoms with Crippen LogP contribution in [-0.2, 0) is 13.6 Å². The minimum atomic E-state index is -0.232. The lowest BCUT2D eigenvalue weighted by Crippen LogP contribution is -2.49. The molecule has 3 heterocycles. The maximum Gasteiger partial charge on any atom is 0.270 e. The Kier molecular flexibility index (Phi) is 6.97. The molecule has 2 aliphatic rings. The number of carbonyl (C=O) groups is 1. The molecule has 1 aromatic heterocycles. The summed E-state index contributed by atoms with van der Waals surface area (Å²) in [6.45, 7) is 7.39. The Morgan fingerprint density at radius 3 is 2.23 bits per heavy atom. The van der Waals surface area contributed by atoms with Crippen LogP contribution in [0.5, 0.6) is 0 Å². The normalized spacial score (nSPS) is 17.2. The first-order valence-electron chi connectivity index (χ1n) is 12.1. The number of para-hydroxylation sites is 1. The molecule has 8 heteroatoms. The molecular weight excluding hydrogens is 465 g/mol. The Labute approximate surface area is 211 Å². The largest absolute Gasteiger partial charge is 0.368 e. The molecule has 0 atom stereocenters. The lowest BCUT2D eigenvalue weighted by molar-refractivity contribution is 0.0737. The van der Waals surface area contributed by atoms with Crippen molar-refractivity contribution in [3.8, 4) is 0 Å². The summed E-state index contributed by atoms with van der Waals surface area (Å²) in [6.07, 6.45) is 2.07. The van der Waals surface area contributed by atoms with E-state index in [2.05, 4.69) is 27.0 Å². The van der Waals surface area contributed by atoms with Gasteiger partial charge in [-0.15, -0.1) is 0 Å². The molecule has 0 N–H and O–H groups in total. The molecule has 2 aliphatic heterocycles. The SMILES string of the molecule is Cn1cc(CN2CCN(c3ccccc3Cl)CC2)cc1C(=O)N1CCN(c2ccc(F)cc2)CC1. The van der Waals surface area contributed by atoms with Crippen LogP contribution < -0.4 is 9.80 Å². The van der Waals surface area contributed by atoms with Crippen molar-refractivity contribution in [3.05, 3.63) is 82.9 Å². The fourth-order valence-corrected chi connectivity index (χ4v) is 5.28. The summed E-state index contributed by atoms with van der Waals surface area (Å²) in [6, 6.07) is 16.6. The Morgan fingerprint density at radius 2 is 1.54 bits per heavy atom. The van der Waals surface area contributed by atoms with Gasteiger partial charge in [-0.25, -0.2) is 4.39 Å². The smallest absolute Gasteiger partial charge is 0.270 e. The number of aromatic nitrogens is 1. The van der Waals surface area contributed by atoms with Crippen molar-refractivity contribution in [1.29, 1.82) is 0 Å². The van der Waals surface area contributed by atoms with Gasteiger partial charge in [0.2, 0.25) is 0 Å². The molecule has 5 rings (SSSR count). The van der Waals surface area contributed by atoms with Crippen LogP contribution in [0.25, 0.3) is 0 Å². The maximum absolute atomic E-state index is 13.2. The van der Waals surface area contributed by atoms with Crippen molar-refractivity contribution < 1.29 is 9.18 Å². The standard InChI is InChI=1S/C27H31ClFN5O/c1-30-19-21(20-31-10-12-33(13-11-31)25-5-3-2-4-24(25)28)18-26(30)27(35)34-16-14-32(15-17-34)23-8-6-22(29)7-9-23/h2-9,18-19H,10-17,20H2,1H3. The van der Waals surface area contributed by atoms with Gasteiger partial charge in [-0.1, -0.05) is 23.7 Å². The quantitative estimate of drug-likeness (QED) is 0.534. The molecule has 0 bridgehead atoms. The van der Waals surface area contributed by atoms with E-state index in [1.807, 2.05) is 40.8 Å². The second-order valence-corrected chi connectivity index (χ2v) is 9.72. The van der Waals surface area contributed by atoms with Crippen LogP contribution in [0.1, 0.15) is 16.1 Å². The molecule has 184 valence electrons. The molecule has 1 amide bonds. The highest BCUT2D eigenvalue weighted by Gasteiger charge is 2.25. The van der Waals surface area contributed by atoms with E-state index < -0.39 is 0 Å². The van der Waals surface area contributed by atoms with Gasteiger partial charge in [0, 0.05) is 77.8 Å². The van der Waals surface area contributed by atoms with Gasteiger partial charge in [-0.05, 0) is 48.0 Å². The van der Waals surface area contributed by atoms with Crippen LogP contribution in [0, 0.1) is 5.82 Å². The minimum absolute atomic E-state index is 0.0704. The third kappa shape index (κ3) is 5.31. The van der Waals surface area contributed by atoms with Crippen molar-refractivity contribution in [2.24, 2.45) is 7.05 Å². The average molecular weight is 496 g/mol. The summed E-state index contributed by atoms with van der Waals surface area (Å²) in [5.41, 5.74) is 3.98. The van der Waals surface area contributed by atoms with Crippen LogP contribution in [0.3, 0.4) is 0 Å². The van der Waals surface area contributed by atoms with E-state index in [1.54, 1.807) is 12.1 Å². The zero-order chi connectivity index (χ0) is 24.4. The summed E-state index contributed by atoms with van der Waals surface area (Å²) in [7, 11) is 1.95. The van der Waals surface area contributed by atoms with Crippen molar-refractivity contribution in [1.82, 2.24) is 14.4 Å². The Bertz CT molecular complexity index is 1160. The van der Waals surface area contributed by atoms with Gasteiger partial charge in [0.05, 0.1) is 10.7 Å². The molecule has 0 spiro atoms. The fourth-order valence-electron chi connectivity index (χ4n) is 5.03. The average Bonchev–Trinajstić information content (AvgIpc) is 3.25. The number of carbonyl (C=O) groups excluding carboxylic acids is 1. The molecule has 0 saturated carbocycles. The second-order valence-electron chi connectivity index (χ2n) is 9.31. The number of rotatable bonds is 5. The lowest BCUT2D eigenvalue weighted by Gasteiger charge is -2.36. The van der Waals surface area contributed by atoms with Crippen molar-refractivity contribution in [2.75, 3.05) is 62.2 Å². The monoisotopic (exact) mass is 495 g/mol. The highest BCUT2D eigenvalue weighted by Crippen LogP contribution is 2.26. The number of amides is 1. The van der Waals surface area contributed by atoms with Gasteiger partial charge in [-0.2, -0.15) is 0 Å². The number of nitrogens with zero attached hydrogens (tertiary/aromatic N) is 5. The van der Waals surface area contributed by atoms with E-state index in [4.69, 9.17) is 11.6 Å². The van der Waals surface area contributed by atoms with Crippen LogP contribution in [0.4, 0.5) is 15.8 Å². The second kappa shape index (κ2) is 10.3. The van der Waals surface area contributed by atoms with Crippen LogP contribution in [0.15, 0.2) is 60.8 Å². The first-order valence-corrected chi connectivity index (χ1v) is 12.5. The highest BCUT2D eigenvalue weighted by molar-refractivity contribution is 6.33. The molecule has 35 heavy (non-hydrogen) atoms. The van der Waals surface area contributed by atoms with E-state index in [-0.39, 0.29) is 11.7 Å². The van der Waals surface area contributed by atoms with Gasteiger partial charge in [0.25, 0.3) is 5.91 Å². The molecule has 3 aromatic rings. The number of anilines is 2. The lowest BCUT2D eigenvalue weighted by atomic mass is 10.2. The first-order chi connectivity index (χ1) is 17.0. The van der Waals surface area contributed by atoms with E-state index >= 15 is 0 Å². The third-order valence-electron chi connectivity index (χ3n) is 7.01. The molecule has 0 unspecified atom stereocenters. The summed E-state index contributed by atoms with van der Waals surface area (Å²) in [4.78, 5) is 22.1. The highest BCUT2D eigenvalue weighted by atomic mass is 35.5. The number of benzene rings is 2. The molecule has 2 fully saturated rings. The predicted octanol–water partition coefficient (Wildman–Crippen LogP) is 4.10. The van der Waals surface area contributed by atoms with Crippen LogP contribution in [-0.4, -0.2) is 72.6 Å². The van der Waals surface area contributed by atoms with Gasteiger partial charge in [-0.3, -0.25) is 9.69 Å².